The lowest BCUT2D eigenvalue weighted by molar-refractivity contribution is -0.141. The van der Waals surface area contributed by atoms with Gasteiger partial charge in [-0.05, 0) is 54.6 Å². The number of nitrogens with one attached hydrogen (secondary N) is 1. The number of rotatable bonds is 7. The number of methoxy groups -OCH3 is 1. The van der Waals surface area contributed by atoms with Crippen LogP contribution < -0.4 is 14.8 Å². The molecular weight excluding hydrogens is 403 g/mol. The van der Waals surface area contributed by atoms with Gasteiger partial charge in [-0.3, -0.25) is 0 Å². The number of hydrogen-bond acceptors (Lipinski definition) is 4. The van der Waals surface area contributed by atoms with E-state index in [2.05, 4.69) is 10.4 Å². The summed E-state index contributed by atoms with van der Waals surface area (Å²) in [6, 6.07) is 13.9. The van der Waals surface area contributed by atoms with Crippen LogP contribution in [0.15, 0.2) is 54.6 Å². The molecule has 1 amide bonds. The number of hydrogen-bond donors (Lipinski definition) is 2. The van der Waals surface area contributed by atoms with Crippen LogP contribution in [0.5, 0.6) is 11.5 Å². The molecule has 1 aromatic heterocycles. The van der Waals surface area contributed by atoms with E-state index in [0.717, 1.165) is 6.07 Å². The highest BCUT2D eigenvalue weighted by Gasteiger charge is 2.35. The Kier molecular flexibility index (Phi) is 6.14. The summed E-state index contributed by atoms with van der Waals surface area (Å²) in [7, 11) is 1.50. The minimum atomic E-state index is -4.59. The largest absolute Gasteiger partial charge is 0.497 e. The predicted molar refractivity (Wildman–Crippen MR) is 102 cm³/mol. The first-order valence-corrected chi connectivity index (χ1v) is 8.79. The maximum atomic E-state index is 13.3. The van der Waals surface area contributed by atoms with Crippen LogP contribution in [0.25, 0.3) is 16.9 Å². The van der Waals surface area contributed by atoms with Crippen LogP contribution in [0, 0.1) is 0 Å². The van der Waals surface area contributed by atoms with E-state index in [1.165, 1.54) is 11.8 Å². The molecule has 2 N–H and O–H groups in total. The number of ether oxygens (including phenoxy) is 2. The highest BCUT2D eigenvalue weighted by Crippen LogP contribution is 2.34. The quantitative estimate of drug-likeness (QED) is 0.558. The first-order chi connectivity index (χ1) is 14.3. The van der Waals surface area contributed by atoms with E-state index in [1.54, 1.807) is 48.5 Å². The van der Waals surface area contributed by atoms with Crippen molar-refractivity contribution in [3.8, 4) is 28.4 Å². The number of amides is 1. The standard InChI is InChI=1S/C20H18F3N3O4/c1-29-15-8-4-14(5-9-15)26-17(12-18(25-26)20(21,22)23)13-2-6-16(7-3-13)30-11-10-24-19(27)28/h2-9,12,24H,10-11H2,1H3,(H,27,28). The van der Waals surface area contributed by atoms with Crippen molar-refractivity contribution in [2.75, 3.05) is 20.3 Å². The Morgan fingerprint density at radius 1 is 1.10 bits per heavy atom. The number of carboxylic acid groups (broad SMARTS) is 1. The van der Waals surface area contributed by atoms with Crippen molar-refractivity contribution in [2.45, 2.75) is 6.18 Å². The molecule has 2 aromatic carbocycles. The second-order valence-electron chi connectivity index (χ2n) is 6.13. The van der Waals surface area contributed by atoms with Gasteiger partial charge in [0.2, 0.25) is 0 Å². The minimum absolute atomic E-state index is 0.107. The van der Waals surface area contributed by atoms with Gasteiger partial charge >= 0.3 is 12.3 Å². The zero-order valence-corrected chi connectivity index (χ0v) is 15.8. The molecule has 0 radical (unpaired) electrons. The van der Waals surface area contributed by atoms with Crippen LogP contribution in [0.2, 0.25) is 0 Å². The Labute approximate surface area is 169 Å². The van der Waals surface area contributed by atoms with E-state index in [1.807, 2.05) is 0 Å². The third-order valence-corrected chi connectivity index (χ3v) is 4.11. The zero-order valence-electron chi connectivity index (χ0n) is 15.8. The second-order valence-corrected chi connectivity index (χ2v) is 6.13. The number of aromatic nitrogens is 2. The van der Waals surface area contributed by atoms with Crippen molar-refractivity contribution in [3.05, 3.63) is 60.3 Å². The zero-order chi connectivity index (χ0) is 21.7. The lowest BCUT2D eigenvalue weighted by Crippen LogP contribution is -2.26. The van der Waals surface area contributed by atoms with Crippen LogP contribution in [0.3, 0.4) is 0 Å². The third kappa shape index (κ3) is 5.02. The Hall–Kier alpha value is -3.69. The fraction of sp³-hybridized carbons (Fsp3) is 0.200. The van der Waals surface area contributed by atoms with Crippen LogP contribution in [0.4, 0.5) is 18.0 Å². The molecule has 0 aliphatic heterocycles. The molecule has 10 heteroatoms. The molecule has 0 saturated carbocycles. The van der Waals surface area contributed by atoms with Crippen molar-refractivity contribution < 1.29 is 32.5 Å². The summed E-state index contributed by atoms with van der Waals surface area (Å²) >= 11 is 0. The van der Waals surface area contributed by atoms with Crippen LogP contribution in [-0.2, 0) is 6.18 Å². The fourth-order valence-corrected chi connectivity index (χ4v) is 2.69. The van der Waals surface area contributed by atoms with Gasteiger partial charge in [0, 0.05) is 5.56 Å². The molecule has 3 aromatic rings. The fourth-order valence-electron chi connectivity index (χ4n) is 2.69. The Morgan fingerprint density at radius 3 is 2.30 bits per heavy atom. The molecule has 0 aliphatic rings. The van der Waals surface area contributed by atoms with Crippen LogP contribution in [-0.4, -0.2) is 41.2 Å². The predicted octanol–water partition coefficient (Wildman–Crippen LogP) is 4.21. The summed E-state index contributed by atoms with van der Waals surface area (Å²) in [5.41, 5.74) is 0.200. The summed E-state index contributed by atoms with van der Waals surface area (Å²) in [6.07, 6.45) is -5.74. The highest BCUT2D eigenvalue weighted by atomic mass is 19.4. The lowest BCUT2D eigenvalue weighted by Gasteiger charge is -2.10. The Bertz CT molecular complexity index is 1000. The van der Waals surface area contributed by atoms with E-state index in [9.17, 15) is 18.0 Å². The molecule has 0 aliphatic carbocycles. The normalized spacial score (nSPS) is 11.2. The van der Waals surface area contributed by atoms with Gasteiger partial charge in [-0.15, -0.1) is 0 Å². The van der Waals surface area contributed by atoms with Crippen molar-refractivity contribution in [1.82, 2.24) is 15.1 Å². The SMILES string of the molecule is COc1ccc(-n2nc(C(F)(F)F)cc2-c2ccc(OCCNC(=O)O)cc2)cc1. The van der Waals surface area contributed by atoms with Crippen molar-refractivity contribution in [1.29, 1.82) is 0 Å². The van der Waals surface area contributed by atoms with E-state index in [0.29, 0.717) is 22.7 Å². The molecule has 0 saturated heterocycles. The van der Waals surface area contributed by atoms with Crippen LogP contribution >= 0.6 is 0 Å². The molecule has 0 fully saturated rings. The number of carbonyl (C=O) groups is 1. The van der Waals surface area contributed by atoms with E-state index < -0.39 is 18.0 Å². The number of benzene rings is 2. The summed E-state index contributed by atoms with van der Waals surface area (Å²) < 4.78 is 51.5. The molecular formula is C20H18F3N3O4. The monoisotopic (exact) mass is 421 g/mol. The first-order valence-electron chi connectivity index (χ1n) is 8.79. The summed E-state index contributed by atoms with van der Waals surface area (Å²) in [5, 5.41) is 14.4. The van der Waals surface area contributed by atoms with Gasteiger partial charge in [0.1, 0.15) is 18.1 Å². The van der Waals surface area contributed by atoms with Gasteiger partial charge in [0.25, 0.3) is 0 Å². The van der Waals surface area contributed by atoms with Crippen molar-refractivity contribution in [2.24, 2.45) is 0 Å². The smallest absolute Gasteiger partial charge is 0.435 e. The third-order valence-electron chi connectivity index (χ3n) is 4.11. The molecule has 7 nitrogen and oxygen atoms in total. The maximum absolute atomic E-state index is 13.3. The number of alkyl halides is 3. The number of nitrogens with zero attached hydrogens (tertiary/aromatic N) is 2. The minimum Gasteiger partial charge on any atom is -0.497 e. The number of halogens is 3. The summed E-state index contributed by atoms with van der Waals surface area (Å²) in [5.74, 6) is 1.03. The van der Waals surface area contributed by atoms with Gasteiger partial charge in [-0.25, -0.2) is 9.48 Å². The van der Waals surface area contributed by atoms with Gasteiger partial charge < -0.3 is 19.9 Å². The molecule has 30 heavy (non-hydrogen) atoms. The molecule has 1 heterocycles. The van der Waals surface area contributed by atoms with Gasteiger partial charge in [-0.1, -0.05) is 0 Å². The molecule has 0 unspecified atom stereocenters. The van der Waals surface area contributed by atoms with Crippen molar-refractivity contribution >= 4 is 6.09 Å². The lowest BCUT2D eigenvalue weighted by atomic mass is 10.1. The van der Waals surface area contributed by atoms with E-state index in [4.69, 9.17) is 14.6 Å². The average Bonchev–Trinajstić information content (AvgIpc) is 3.17. The molecule has 0 bridgehead atoms. The van der Waals surface area contributed by atoms with E-state index in [-0.39, 0.29) is 18.8 Å². The summed E-state index contributed by atoms with van der Waals surface area (Å²) in [4.78, 5) is 10.4. The average molecular weight is 421 g/mol. The topological polar surface area (TPSA) is 85.6 Å². The first kappa shape index (κ1) is 21.0. The van der Waals surface area contributed by atoms with Gasteiger partial charge in [0.05, 0.1) is 25.0 Å². The summed E-state index contributed by atoms with van der Waals surface area (Å²) in [6.45, 7) is 0.226. The molecule has 3 rings (SSSR count). The van der Waals surface area contributed by atoms with Gasteiger partial charge in [0.15, 0.2) is 5.69 Å². The van der Waals surface area contributed by atoms with Crippen LogP contribution in [0.1, 0.15) is 5.69 Å². The second kappa shape index (κ2) is 8.76. The van der Waals surface area contributed by atoms with Gasteiger partial charge in [-0.2, -0.15) is 18.3 Å². The Morgan fingerprint density at radius 2 is 1.73 bits per heavy atom. The molecule has 0 atom stereocenters. The molecule has 0 spiro atoms. The Balaban J connectivity index is 1.88. The maximum Gasteiger partial charge on any atom is 0.435 e. The van der Waals surface area contributed by atoms with E-state index >= 15 is 0 Å². The molecule has 158 valence electrons. The highest BCUT2D eigenvalue weighted by molar-refractivity contribution is 5.64. The van der Waals surface area contributed by atoms with Crippen molar-refractivity contribution in [3.63, 3.8) is 0 Å².